The van der Waals surface area contributed by atoms with Crippen LogP contribution in [-0.2, 0) is 0 Å². The molecule has 0 radical (unpaired) electrons. The molecule has 0 spiro atoms. The maximum Gasteiger partial charge on any atom is 0.118 e. The van der Waals surface area contributed by atoms with Gasteiger partial charge < -0.3 is 4.74 Å². The number of ether oxygens (including phenoxy) is 1. The number of hydrogen-bond acceptors (Lipinski definition) is 3. The average molecular weight is 209 g/mol. The fourth-order valence-electron chi connectivity index (χ4n) is 1.57. The predicted octanol–water partition coefficient (Wildman–Crippen LogP) is 2.42. The first-order valence-corrected chi connectivity index (χ1v) is 5.86. The minimum Gasteiger partial charge on any atom is -0.497 e. The second-order valence-electron chi connectivity index (χ2n) is 3.55. The van der Waals surface area contributed by atoms with E-state index in [0.717, 1.165) is 5.75 Å². The number of nitrogens with one attached hydrogen (secondary N) is 1. The van der Waals surface area contributed by atoms with Crippen LogP contribution in [0.3, 0.4) is 0 Å². The average Bonchev–Trinajstić information content (AvgIpc) is 2.65. The van der Waals surface area contributed by atoms with Gasteiger partial charge in [-0.3, -0.25) is 5.32 Å². The highest BCUT2D eigenvalue weighted by atomic mass is 32.2. The van der Waals surface area contributed by atoms with Crippen molar-refractivity contribution in [3.8, 4) is 5.75 Å². The van der Waals surface area contributed by atoms with Crippen molar-refractivity contribution >= 4 is 11.8 Å². The van der Waals surface area contributed by atoms with Gasteiger partial charge in [-0.15, -0.1) is 11.8 Å². The molecule has 1 fully saturated rings. The lowest BCUT2D eigenvalue weighted by atomic mass is 10.2. The van der Waals surface area contributed by atoms with E-state index in [-0.39, 0.29) is 0 Å². The summed E-state index contributed by atoms with van der Waals surface area (Å²) < 4.78 is 5.13. The lowest BCUT2D eigenvalue weighted by molar-refractivity contribution is 0.414. The molecular formula is C11H15NOS. The van der Waals surface area contributed by atoms with E-state index in [0.29, 0.717) is 11.4 Å². The molecule has 0 aliphatic carbocycles. The largest absolute Gasteiger partial charge is 0.497 e. The molecule has 14 heavy (non-hydrogen) atoms. The molecule has 76 valence electrons. The van der Waals surface area contributed by atoms with Crippen LogP contribution >= 0.6 is 11.8 Å². The molecule has 1 heterocycles. The fraction of sp³-hybridized carbons (Fsp3) is 0.455. The molecule has 0 saturated carbocycles. The molecule has 0 amide bonds. The Morgan fingerprint density at radius 3 is 2.57 bits per heavy atom. The van der Waals surface area contributed by atoms with E-state index in [1.807, 2.05) is 23.9 Å². The van der Waals surface area contributed by atoms with Crippen LogP contribution in [0.15, 0.2) is 24.3 Å². The number of thioether (sulfide) groups is 1. The summed E-state index contributed by atoms with van der Waals surface area (Å²) in [6, 6.07) is 8.90. The van der Waals surface area contributed by atoms with E-state index >= 15 is 0 Å². The highest BCUT2D eigenvalue weighted by molar-refractivity contribution is 7.99. The minimum atomic E-state index is 0.455. The highest BCUT2D eigenvalue weighted by Crippen LogP contribution is 2.33. The predicted molar refractivity (Wildman–Crippen MR) is 60.8 cm³/mol. The summed E-state index contributed by atoms with van der Waals surface area (Å²) in [4.78, 5) is 0. The summed E-state index contributed by atoms with van der Waals surface area (Å²) in [5, 5.41) is 3.98. The zero-order valence-corrected chi connectivity index (χ0v) is 9.30. The van der Waals surface area contributed by atoms with Crippen LogP contribution in [0.2, 0.25) is 0 Å². The van der Waals surface area contributed by atoms with Gasteiger partial charge in [-0.2, -0.15) is 0 Å². The third-order valence-electron chi connectivity index (χ3n) is 2.37. The smallest absolute Gasteiger partial charge is 0.118 e. The third kappa shape index (κ3) is 2.04. The SMILES string of the molecule is COc1ccc(C2NC(C)CS2)cc1. The molecule has 3 heteroatoms. The Balaban J connectivity index is 2.09. The van der Waals surface area contributed by atoms with Crippen molar-refractivity contribution < 1.29 is 4.74 Å². The van der Waals surface area contributed by atoms with Crippen LogP contribution in [0.1, 0.15) is 17.9 Å². The zero-order chi connectivity index (χ0) is 9.97. The van der Waals surface area contributed by atoms with E-state index < -0.39 is 0 Å². The third-order valence-corrected chi connectivity index (χ3v) is 3.80. The summed E-state index contributed by atoms with van der Waals surface area (Å²) in [6.07, 6.45) is 0. The molecule has 1 aromatic rings. The monoisotopic (exact) mass is 209 g/mol. The topological polar surface area (TPSA) is 21.3 Å². The van der Waals surface area contributed by atoms with Gasteiger partial charge in [0.05, 0.1) is 12.5 Å². The Morgan fingerprint density at radius 1 is 1.36 bits per heavy atom. The van der Waals surface area contributed by atoms with E-state index in [2.05, 4.69) is 24.4 Å². The van der Waals surface area contributed by atoms with Crippen LogP contribution < -0.4 is 10.1 Å². The zero-order valence-electron chi connectivity index (χ0n) is 8.49. The fourth-order valence-corrected chi connectivity index (χ4v) is 2.82. The van der Waals surface area contributed by atoms with Gasteiger partial charge in [0.25, 0.3) is 0 Å². The van der Waals surface area contributed by atoms with Crippen LogP contribution in [0, 0.1) is 0 Å². The Bertz CT molecular complexity index is 299. The molecular weight excluding hydrogens is 194 g/mol. The molecule has 1 N–H and O–H groups in total. The maximum atomic E-state index is 5.13. The van der Waals surface area contributed by atoms with Crippen molar-refractivity contribution in [2.24, 2.45) is 0 Å². The summed E-state index contributed by atoms with van der Waals surface area (Å²) in [7, 11) is 1.69. The standard InChI is InChI=1S/C11H15NOS/c1-8-7-14-11(12-8)9-3-5-10(13-2)6-4-9/h3-6,8,11-12H,7H2,1-2H3. The lowest BCUT2D eigenvalue weighted by Crippen LogP contribution is -2.21. The first-order chi connectivity index (χ1) is 6.79. The molecule has 0 bridgehead atoms. The highest BCUT2D eigenvalue weighted by Gasteiger charge is 2.21. The lowest BCUT2D eigenvalue weighted by Gasteiger charge is -2.11. The van der Waals surface area contributed by atoms with Crippen LogP contribution in [0.4, 0.5) is 0 Å². The molecule has 1 saturated heterocycles. The number of hydrogen-bond donors (Lipinski definition) is 1. The first-order valence-electron chi connectivity index (χ1n) is 4.81. The van der Waals surface area contributed by atoms with E-state index in [1.54, 1.807) is 7.11 Å². The van der Waals surface area contributed by atoms with Gasteiger partial charge in [-0.25, -0.2) is 0 Å². The summed E-state index contributed by atoms with van der Waals surface area (Å²) >= 11 is 1.97. The maximum absolute atomic E-state index is 5.13. The van der Waals surface area contributed by atoms with E-state index in [1.165, 1.54) is 11.3 Å². The summed E-state index contributed by atoms with van der Waals surface area (Å²) in [5.41, 5.74) is 1.33. The molecule has 1 aliphatic rings. The van der Waals surface area contributed by atoms with Crippen molar-refractivity contribution in [2.75, 3.05) is 12.9 Å². The van der Waals surface area contributed by atoms with Crippen molar-refractivity contribution in [3.05, 3.63) is 29.8 Å². The van der Waals surface area contributed by atoms with Gasteiger partial charge in [0.1, 0.15) is 5.75 Å². The molecule has 1 aliphatic heterocycles. The first kappa shape index (κ1) is 9.87. The van der Waals surface area contributed by atoms with Crippen LogP contribution in [-0.4, -0.2) is 18.9 Å². The molecule has 0 aromatic heterocycles. The van der Waals surface area contributed by atoms with Gasteiger partial charge in [-0.1, -0.05) is 12.1 Å². The van der Waals surface area contributed by atoms with Gasteiger partial charge in [0, 0.05) is 11.8 Å². The Kier molecular flexibility index (Phi) is 2.99. The molecule has 1 aromatic carbocycles. The van der Waals surface area contributed by atoms with Gasteiger partial charge in [0.2, 0.25) is 0 Å². The van der Waals surface area contributed by atoms with Crippen molar-refractivity contribution in [1.82, 2.24) is 5.32 Å². The number of rotatable bonds is 2. The Hall–Kier alpha value is -0.670. The second-order valence-corrected chi connectivity index (χ2v) is 4.69. The molecule has 2 rings (SSSR count). The molecule has 2 unspecified atom stereocenters. The second kappa shape index (κ2) is 4.24. The molecule has 2 nitrogen and oxygen atoms in total. The van der Waals surface area contributed by atoms with Crippen molar-refractivity contribution in [2.45, 2.75) is 18.3 Å². The van der Waals surface area contributed by atoms with Gasteiger partial charge in [-0.05, 0) is 24.6 Å². The van der Waals surface area contributed by atoms with Crippen molar-refractivity contribution in [1.29, 1.82) is 0 Å². The van der Waals surface area contributed by atoms with Gasteiger partial charge >= 0.3 is 0 Å². The summed E-state index contributed by atoms with van der Waals surface area (Å²) in [6.45, 7) is 2.22. The van der Waals surface area contributed by atoms with E-state index in [9.17, 15) is 0 Å². The van der Waals surface area contributed by atoms with Crippen molar-refractivity contribution in [3.63, 3.8) is 0 Å². The number of benzene rings is 1. The minimum absolute atomic E-state index is 0.455. The summed E-state index contributed by atoms with van der Waals surface area (Å²) in [5.74, 6) is 2.11. The Morgan fingerprint density at radius 2 is 2.07 bits per heavy atom. The van der Waals surface area contributed by atoms with Crippen LogP contribution in [0.25, 0.3) is 0 Å². The normalized spacial score (nSPS) is 26.4. The van der Waals surface area contributed by atoms with E-state index in [4.69, 9.17) is 4.74 Å². The van der Waals surface area contributed by atoms with Crippen LogP contribution in [0.5, 0.6) is 5.75 Å². The Labute approximate surface area is 89.0 Å². The van der Waals surface area contributed by atoms with Gasteiger partial charge in [0.15, 0.2) is 0 Å². The quantitative estimate of drug-likeness (QED) is 0.808. The number of methoxy groups -OCH3 is 1. The molecule has 2 atom stereocenters.